The Labute approximate surface area is 140 Å². The Hall–Kier alpha value is -0.660. The Morgan fingerprint density at radius 3 is 2.71 bits per heavy atom. The van der Waals surface area contributed by atoms with Crippen LogP contribution in [0.4, 0.5) is 5.69 Å². The van der Waals surface area contributed by atoms with Crippen molar-refractivity contribution >= 4 is 34.2 Å². The number of aliphatic hydroxyl groups is 1. The van der Waals surface area contributed by atoms with Crippen molar-refractivity contribution in [2.75, 3.05) is 25.5 Å². The van der Waals surface area contributed by atoms with Gasteiger partial charge in [-0.05, 0) is 73.2 Å². The van der Waals surface area contributed by atoms with Gasteiger partial charge in [-0.3, -0.25) is 9.69 Å². The average molecular weight is 402 g/mol. The van der Waals surface area contributed by atoms with E-state index in [0.717, 1.165) is 40.5 Å². The third-order valence-electron chi connectivity index (χ3n) is 3.97. The number of carbonyl (C=O) groups is 1. The van der Waals surface area contributed by atoms with E-state index in [1.807, 2.05) is 37.1 Å². The van der Waals surface area contributed by atoms with Crippen LogP contribution in [0.25, 0.3) is 0 Å². The van der Waals surface area contributed by atoms with Gasteiger partial charge in [0.1, 0.15) is 0 Å². The molecule has 4 nitrogen and oxygen atoms in total. The van der Waals surface area contributed by atoms with Crippen LogP contribution in [0.15, 0.2) is 18.2 Å². The first-order chi connectivity index (χ1) is 9.88. The molecule has 1 aromatic carbocycles. The van der Waals surface area contributed by atoms with Gasteiger partial charge in [-0.15, -0.1) is 0 Å². The third-order valence-corrected chi connectivity index (χ3v) is 4.65. The van der Waals surface area contributed by atoms with Crippen LogP contribution in [-0.2, 0) is 4.79 Å². The van der Waals surface area contributed by atoms with E-state index < -0.39 is 5.60 Å². The van der Waals surface area contributed by atoms with E-state index in [4.69, 9.17) is 0 Å². The van der Waals surface area contributed by atoms with Gasteiger partial charge >= 0.3 is 0 Å². The zero-order chi connectivity index (χ0) is 15.5. The van der Waals surface area contributed by atoms with E-state index >= 15 is 0 Å². The van der Waals surface area contributed by atoms with Crippen LogP contribution in [0, 0.1) is 10.5 Å². The highest BCUT2D eigenvalue weighted by atomic mass is 127. The lowest BCUT2D eigenvalue weighted by molar-refractivity contribution is -0.117. The molecule has 0 radical (unpaired) electrons. The summed E-state index contributed by atoms with van der Waals surface area (Å²) < 4.78 is 1.16. The number of anilines is 1. The quantitative estimate of drug-likeness (QED) is 0.745. The van der Waals surface area contributed by atoms with Gasteiger partial charge in [0.25, 0.3) is 0 Å². The molecule has 0 atom stereocenters. The molecule has 2 N–H and O–H groups in total. The van der Waals surface area contributed by atoms with Gasteiger partial charge in [0.2, 0.25) is 5.91 Å². The minimum Gasteiger partial charge on any atom is -0.389 e. The fourth-order valence-corrected chi connectivity index (χ4v) is 3.60. The van der Waals surface area contributed by atoms with Crippen LogP contribution >= 0.6 is 22.6 Å². The molecule has 116 valence electrons. The number of benzene rings is 1. The first kappa shape index (κ1) is 16.7. The van der Waals surface area contributed by atoms with E-state index in [1.54, 1.807) is 0 Å². The van der Waals surface area contributed by atoms with E-state index in [2.05, 4.69) is 27.9 Å². The van der Waals surface area contributed by atoms with Crippen LogP contribution in [0.2, 0.25) is 0 Å². The fourth-order valence-electron chi connectivity index (χ4n) is 2.95. The van der Waals surface area contributed by atoms with Crippen LogP contribution in [-0.4, -0.2) is 41.7 Å². The van der Waals surface area contributed by atoms with Crippen molar-refractivity contribution in [2.24, 2.45) is 0 Å². The van der Waals surface area contributed by atoms with Crippen LogP contribution in [0.1, 0.15) is 31.2 Å². The van der Waals surface area contributed by atoms with Gasteiger partial charge in [-0.2, -0.15) is 0 Å². The molecule has 0 saturated heterocycles. The van der Waals surface area contributed by atoms with Crippen molar-refractivity contribution in [1.82, 2.24) is 4.90 Å². The summed E-state index contributed by atoms with van der Waals surface area (Å²) in [6.07, 6.45) is 3.85. The lowest BCUT2D eigenvalue weighted by Gasteiger charge is -2.28. The molecule has 1 aromatic rings. The van der Waals surface area contributed by atoms with E-state index in [9.17, 15) is 9.90 Å². The summed E-state index contributed by atoms with van der Waals surface area (Å²) in [5.41, 5.74) is 1.31. The molecule has 0 spiro atoms. The second-order valence-electron chi connectivity index (χ2n) is 6.11. The molecule has 0 unspecified atom stereocenters. The lowest BCUT2D eigenvalue weighted by Crippen LogP contribution is -2.42. The Morgan fingerprint density at radius 1 is 1.43 bits per heavy atom. The predicted octanol–water partition coefficient (Wildman–Crippen LogP) is 2.78. The summed E-state index contributed by atoms with van der Waals surface area (Å²) in [7, 11) is 1.89. The first-order valence-corrected chi connectivity index (χ1v) is 8.43. The summed E-state index contributed by atoms with van der Waals surface area (Å²) >= 11 is 2.26. The molecule has 2 rings (SSSR count). The van der Waals surface area contributed by atoms with Gasteiger partial charge in [0.05, 0.1) is 12.1 Å². The van der Waals surface area contributed by atoms with Crippen molar-refractivity contribution in [3.05, 3.63) is 27.3 Å². The maximum Gasteiger partial charge on any atom is 0.238 e. The summed E-state index contributed by atoms with van der Waals surface area (Å²) in [5.74, 6) is -0.0385. The first-order valence-electron chi connectivity index (χ1n) is 7.35. The van der Waals surface area contributed by atoms with Gasteiger partial charge < -0.3 is 10.4 Å². The molecular weight excluding hydrogens is 379 g/mol. The molecule has 1 amide bonds. The summed E-state index contributed by atoms with van der Waals surface area (Å²) in [6, 6.07) is 5.95. The number of rotatable bonds is 5. The number of nitrogens with one attached hydrogen (secondary N) is 1. The summed E-state index contributed by atoms with van der Waals surface area (Å²) in [4.78, 5) is 14.0. The molecule has 1 aliphatic carbocycles. The normalized spacial score (nSPS) is 17.2. The zero-order valence-electron chi connectivity index (χ0n) is 12.7. The van der Waals surface area contributed by atoms with Gasteiger partial charge in [-0.25, -0.2) is 0 Å². The largest absolute Gasteiger partial charge is 0.389 e. The SMILES string of the molecule is Cc1cc(I)ccc1NC(=O)CN(C)CC1(O)CCCC1. The minimum absolute atomic E-state index is 0.0385. The average Bonchev–Trinajstić information content (AvgIpc) is 2.78. The van der Waals surface area contributed by atoms with E-state index in [1.165, 1.54) is 0 Å². The number of likely N-dealkylation sites (N-methyl/N-ethyl adjacent to an activating group) is 1. The highest BCUT2D eigenvalue weighted by Gasteiger charge is 2.32. The molecule has 0 bridgehead atoms. The Balaban J connectivity index is 1.86. The molecule has 1 fully saturated rings. The number of aryl methyl sites for hydroxylation is 1. The Bertz CT molecular complexity index is 513. The maximum absolute atomic E-state index is 12.1. The fraction of sp³-hybridized carbons (Fsp3) is 0.562. The lowest BCUT2D eigenvalue weighted by atomic mass is 10.0. The maximum atomic E-state index is 12.1. The van der Waals surface area contributed by atoms with Crippen molar-refractivity contribution < 1.29 is 9.90 Å². The number of amides is 1. The molecule has 5 heteroatoms. The third kappa shape index (κ3) is 4.93. The second kappa shape index (κ2) is 7.07. The molecular formula is C16H23IN2O2. The molecule has 0 aromatic heterocycles. The van der Waals surface area contributed by atoms with Crippen molar-refractivity contribution in [3.8, 4) is 0 Å². The van der Waals surface area contributed by atoms with Crippen LogP contribution in [0.5, 0.6) is 0 Å². The number of hydrogen-bond donors (Lipinski definition) is 2. The highest BCUT2D eigenvalue weighted by Crippen LogP contribution is 2.29. The monoisotopic (exact) mass is 402 g/mol. The van der Waals surface area contributed by atoms with Gasteiger partial charge in [-0.1, -0.05) is 12.8 Å². The van der Waals surface area contributed by atoms with E-state index in [-0.39, 0.29) is 5.91 Å². The second-order valence-corrected chi connectivity index (χ2v) is 7.36. The molecule has 1 saturated carbocycles. The molecule has 1 aliphatic rings. The van der Waals surface area contributed by atoms with Crippen LogP contribution < -0.4 is 5.32 Å². The number of hydrogen-bond acceptors (Lipinski definition) is 3. The zero-order valence-corrected chi connectivity index (χ0v) is 14.8. The number of nitrogens with zero attached hydrogens (tertiary/aromatic N) is 1. The molecule has 21 heavy (non-hydrogen) atoms. The van der Waals surface area contributed by atoms with Crippen molar-refractivity contribution in [2.45, 2.75) is 38.2 Å². The van der Waals surface area contributed by atoms with Gasteiger partial charge in [0, 0.05) is 15.8 Å². The Kier molecular flexibility index (Phi) is 5.62. The topological polar surface area (TPSA) is 52.6 Å². The van der Waals surface area contributed by atoms with Gasteiger partial charge in [0.15, 0.2) is 0 Å². The Morgan fingerprint density at radius 2 is 2.10 bits per heavy atom. The van der Waals surface area contributed by atoms with Crippen molar-refractivity contribution in [3.63, 3.8) is 0 Å². The smallest absolute Gasteiger partial charge is 0.238 e. The van der Waals surface area contributed by atoms with Crippen molar-refractivity contribution in [1.29, 1.82) is 0 Å². The summed E-state index contributed by atoms with van der Waals surface area (Å²) in [6.45, 7) is 2.85. The number of halogens is 1. The minimum atomic E-state index is -0.603. The van der Waals surface area contributed by atoms with Crippen LogP contribution in [0.3, 0.4) is 0 Å². The summed E-state index contributed by atoms with van der Waals surface area (Å²) in [5, 5.41) is 13.3. The standard InChI is InChI=1S/C16H23IN2O2/c1-12-9-13(17)5-6-14(12)18-15(20)10-19(2)11-16(21)7-3-4-8-16/h5-6,9,21H,3-4,7-8,10-11H2,1-2H3,(H,18,20). The molecule has 0 heterocycles. The molecule has 0 aliphatic heterocycles. The van der Waals surface area contributed by atoms with E-state index in [0.29, 0.717) is 13.1 Å². The highest BCUT2D eigenvalue weighted by molar-refractivity contribution is 14.1. The predicted molar refractivity (Wildman–Crippen MR) is 93.4 cm³/mol. The number of carbonyl (C=O) groups excluding carboxylic acids is 1.